The van der Waals surface area contributed by atoms with Crippen LogP contribution in [0.15, 0.2) is 48.5 Å². The molecule has 2 unspecified atom stereocenters. The highest BCUT2D eigenvalue weighted by Crippen LogP contribution is 2.38. The molecule has 5 rings (SSSR count). The SMILES string of the molecule is CC(C)c1nc2ccccc2n1Cc1ccc(C(=O)NC2CN(C(=O)O)CC23C(=O)NC(=O)N3C(C)(C)C)cc1. The maximum absolute atomic E-state index is 13.4. The average molecular weight is 547 g/mol. The summed E-state index contributed by atoms with van der Waals surface area (Å²) in [6.07, 6.45) is -1.23. The number of para-hydroxylation sites is 2. The number of likely N-dealkylation sites (tertiary alicyclic amines) is 1. The van der Waals surface area contributed by atoms with Crippen molar-refractivity contribution in [3.8, 4) is 0 Å². The molecule has 0 bridgehead atoms. The highest BCUT2D eigenvalue weighted by Gasteiger charge is 2.65. The lowest BCUT2D eigenvalue weighted by molar-refractivity contribution is -0.128. The van der Waals surface area contributed by atoms with Crippen LogP contribution in [-0.4, -0.2) is 78.6 Å². The molecule has 11 heteroatoms. The molecule has 210 valence electrons. The molecule has 0 saturated carbocycles. The number of carboxylic acid groups (broad SMARTS) is 1. The maximum Gasteiger partial charge on any atom is 0.407 e. The maximum atomic E-state index is 13.4. The number of fused-ring (bicyclic) bond motifs is 1. The van der Waals surface area contributed by atoms with Crippen LogP contribution >= 0.6 is 0 Å². The lowest BCUT2D eigenvalue weighted by atomic mass is 9.87. The minimum Gasteiger partial charge on any atom is -0.465 e. The Labute approximate surface area is 232 Å². The molecule has 2 aliphatic heterocycles. The van der Waals surface area contributed by atoms with Crippen LogP contribution in [0.4, 0.5) is 9.59 Å². The Bertz CT molecular complexity index is 1510. The number of carbonyl (C=O) groups excluding carboxylic acids is 3. The quantitative estimate of drug-likeness (QED) is 0.420. The Morgan fingerprint density at radius 1 is 1.12 bits per heavy atom. The molecule has 3 aromatic rings. The van der Waals surface area contributed by atoms with Gasteiger partial charge in [-0.3, -0.25) is 14.9 Å². The molecule has 5 amide bonds. The van der Waals surface area contributed by atoms with Crippen LogP contribution < -0.4 is 10.6 Å². The molecule has 1 aromatic heterocycles. The highest BCUT2D eigenvalue weighted by molar-refractivity contribution is 6.09. The normalized spacial score (nSPS) is 21.1. The van der Waals surface area contributed by atoms with Gasteiger partial charge >= 0.3 is 12.1 Å². The van der Waals surface area contributed by atoms with Gasteiger partial charge in [-0.25, -0.2) is 14.6 Å². The number of rotatable bonds is 5. The topological polar surface area (TPSA) is 137 Å². The predicted molar refractivity (Wildman–Crippen MR) is 148 cm³/mol. The van der Waals surface area contributed by atoms with E-state index in [1.54, 1.807) is 32.9 Å². The predicted octanol–water partition coefficient (Wildman–Crippen LogP) is 3.39. The van der Waals surface area contributed by atoms with Crippen molar-refractivity contribution in [2.75, 3.05) is 13.1 Å². The number of benzene rings is 2. The first-order valence-electron chi connectivity index (χ1n) is 13.3. The number of imide groups is 1. The van der Waals surface area contributed by atoms with Crippen molar-refractivity contribution in [1.82, 2.24) is 30.0 Å². The molecule has 1 spiro atoms. The summed E-state index contributed by atoms with van der Waals surface area (Å²) in [4.78, 5) is 58.4. The Morgan fingerprint density at radius 2 is 1.80 bits per heavy atom. The molecule has 40 heavy (non-hydrogen) atoms. The molecule has 2 aliphatic rings. The Kier molecular flexibility index (Phi) is 6.56. The summed E-state index contributed by atoms with van der Waals surface area (Å²) in [6, 6.07) is 13.6. The number of imidazole rings is 1. The van der Waals surface area contributed by atoms with Gasteiger partial charge in [-0.2, -0.15) is 0 Å². The van der Waals surface area contributed by atoms with Gasteiger partial charge in [0.1, 0.15) is 5.82 Å². The minimum atomic E-state index is -1.56. The van der Waals surface area contributed by atoms with Crippen LogP contribution in [0.5, 0.6) is 0 Å². The van der Waals surface area contributed by atoms with Crippen LogP contribution in [-0.2, 0) is 11.3 Å². The number of urea groups is 1. The first-order valence-corrected chi connectivity index (χ1v) is 13.3. The summed E-state index contributed by atoms with van der Waals surface area (Å²) < 4.78 is 2.18. The van der Waals surface area contributed by atoms with Gasteiger partial charge in [-0.1, -0.05) is 38.1 Å². The summed E-state index contributed by atoms with van der Waals surface area (Å²) in [5.74, 6) is 0.129. The van der Waals surface area contributed by atoms with Gasteiger partial charge in [-0.05, 0) is 50.6 Å². The number of aromatic nitrogens is 2. The number of nitrogens with one attached hydrogen (secondary N) is 2. The minimum absolute atomic E-state index is 0.127. The van der Waals surface area contributed by atoms with E-state index in [0.29, 0.717) is 12.1 Å². The van der Waals surface area contributed by atoms with Gasteiger partial charge in [0, 0.05) is 30.1 Å². The average Bonchev–Trinajstić information content (AvgIpc) is 3.51. The molecular weight excluding hydrogens is 512 g/mol. The molecule has 0 aliphatic carbocycles. The zero-order valence-corrected chi connectivity index (χ0v) is 23.3. The van der Waals surface area contributed by atoms with E-state index in [4.69, 9.17) is 4.98 Å². The number of hydrogen-bond donors (Lipinski definition) is 3. The van der Waals surface area contributed by atoms with Gasteiger partial charge in [0.25, 0.3) is 11.8 Å². The summed E-state index contributed by atoms with van der Waals surface area (Å²) in [5.41, 5.74) is 0.952. The molecule has 2 fully saturated rings. The van der Waals surface area contributed by atoms with E-state index in [2.05, 4.69) is 29.0 Å². The van der Waals surface area contributed by atoms with Crippen LogP contribution in [0.1, 0.15) is 62.3 Å². The van der Waals surface area contributed by atoms with Crippen LogP contribution in [0.25, 0.3) is 11.0 Å². The van der Waals surface area contributed by atoms with Crippen LogP contribution in [0.2, 0.25) is 0 Å². The fourth-order valence-electron chi connectivity index (χ4n) is 5.94. The third kappa shape index (κ3) is 4.44. The molecule has 2 atom stereocenters. The fraction of sp³-hybridized carbons (Fsp3) is 0.414. The zero-order chi connectivity index (χ0) is 29.0. The van der Waals surface area contributed by atoms with Gasteiger partial charge in [0.2, 0.25) is 0 Å². The Morgan fingerprint density at radius 3 is 2.42 bits per heavy atom. The van der Waals surface area contributed by atoms with Crippen LogP contribution in [0, 0.1) is 0 Å². The van der Waals surface area contributed by atoms with Gasteiger partial charge in [-0.15, -0.1) is 0 Å². The second kappa shape index (κ2) is 9.65. The van der Waals surface area contributed by atoms with E-state index in [1.807, 2.05) is 36.4 Å². The first-order chi connectivity index (χ1) is 18.8. The van der Waals surface area contributed by atoms with Crippen molar-refractivity contribution in [3.05, 3.63) is 65.5 Å². The number of carbonyl (C=O) groups is 4. The number of nitrogens with zero attached hydrogens (tertiary/aromatic N) is 4. The lowest BCUT2D eigenvalue weighted by Gasteiger charge is -2.43. The van der Waals surface area contributed by atoms with E-state index >= 15 is 0 Å². The van der Waals surface area contributed by atoms with Gasteiger partial charge in [0.05, 0.1) is 23.6 Å². The summed E-state index contributed by atoms with van der Waals surface area (Å²) in [5, 5.41) is 14.9. The molecule has 2 aromatic carbocycles. The summed E-state index contributed by atoms with van der Waals surface area (Å²) in [7, 11) is 0. The second-order valence-electron chi connectivity index (χ2n) is 11.8. The summed E-state index contributed by atoms with van der Waals surface area (Å²) in [6.45, 7) is 9.72. The number of hydrogen-bond acceptors (Lipinski definition) is 5. The van der Waals surface area contributed by atoms with E-state index < -0.39 is 41.1 Å². The van der Waals surface area contributed by atoms with Crippen molar-refractivity contribution in [3.63, 3.8) is 0 Å². The van der Waals surface area contributed by atoms with E-state index in [0.717, 1.165) is 27.3 Å². The second-order valence-corrected chi connectivity index (χ2v) is 11.8. The summed E-state index contributed by atoms with van der Waals surface area (Å²) >= 11 is 0. The number of amides is 5. The molecule has 2 saturated heterocycles. The molecule has 3 N–H and O–H groups in total. The Hall–Kier alpha value is -4.41. The van der Waals surface area contributed by atoms with Crippen molar-refractivity contribution in [2.24, 2.45) is 0 Å². The third-order valence-electron chi connectivity index (χ3n) is 7.63. The van der Waals surface area contributed by atoms with Crippen molar-refractivity contribution >= 4 is 35.0 Å². The van der Waals surface area contributed by atoms with Crippen LogP contribution in [0.3, 0.4) is 0 Å². The first kappa shape index (κ1) is 27.2. The molecule has 11 nitrogen and oxygen atoms in total. The highest BCUT2D eigenvalue weighted by atomic mass is 16.4. The van der Waals surface area contributed by atoms with Crippen molar-refractivity contribution < 1.29 is 24.3 Å². The van der Waals surface area contributed by atoms with Gasteiger partial charge < -0.3 is 24.8 Å². The smallest absolute Gasteiger partial charge is 0.407 e. The lowest BCUT2D eigenvalue weighted by Crippen LogP contribution is -2.67. The van der Waals surface area contributed by atoms with E-state index in [9.17, 15) is 24.3 Å². The molecular formula is C29H34N6O5. The van der Waals surface area contributed by atoms with E-state index in [-0.39, 0.29) is 19.0 Å². The standard InChI is InChI=1S/C29H34N6O5/c1-17(2)23-30-20-8-6-7-9-21(20)34(23)14-18-10-12-19(13-11-18)24(36)31-22-15-33(27(39)40)16-29(22)25(37)32-26(38)35(29)28(3,4)5/h6-13,17,22H,14-16H2,1-5H3,(H,31,36)(H,39,40)(H,32,37,38). The van der Waals surface area contributed by atoms with E-state index in [1.165, 1.54) is 4.90 Å². The van der Waals surface area contributed by atoms with Crippen molar-refractivity contribution in [1.29, 1.82) is 0 Å². The fourth-order valence-corrected chi connectivity index (χ4v) is 5.94. The Balaban J connectivity index is 1.40. The molecule has 0 radical (unpaired) electrons. The van der Waals surface area contributed by atoms with Crippen molar-refractivity contribution in [2.45, 2.75) is 64.2 Å². The molecule has 3 heterocycles. The monoisotopic (exact) mass is 546 g/mol. The van der Waals surface area contributed by atoms with Gasteiger partial charge in [0.15, 0.2) is 5.54 Å². The third-order valence-corrected chi connectivity index (χ3v) is 7.63. The largest absolute Gasteiger partial charge is 0.465 e. The zero-order valence-electron chi connectivity index (χ0n) is 23.3.